The van der Waals surface area contributed by atoms with Crippen LogP contribution in [0.15, 0.2) is 36.4 Å². The van der Waals surface area contributed by atoms with Crippen molar-refractivity contribution >= 4 is 45.8 Å². The number of nitrogens with one attached hydrogen (secondary N) is 1. The molecule has 3 rings (SSSR count). The normalized spacial score (nSPS) is 16.6. The Bertz CT molecular complexity index is 717. The summed E-state index contributed by atoms with van der Waals surface area (Å²) in [4.78, 5) is 12.5. The van der Waals surface area contributed by atoms with Gasteiger partial charge in [-0.15, -0.1) is 0 Å². The van der Waals surface area contributed by atoms with E-state index in [-0.39, 0.29) is 11.9 Å². The highest BCUT2D eigenvalue weighted by atomic mass is 127. The van der Waals surface area contributed by atoms with Crippen molar-refractivity contribution in [3.8, 4) is 0 Å². The van der Waals surface area contributed by atoms with Gasteiger partial charge in [-0.2, -0.15) is 0 Å². The van der Waals surface area contributed by atoms with E-state index >= 15 is 0 Å². The van der Waals surface area contributed by atoms with Crippen molar-refractivity contribution in [3.63, 3.8) is 0 Å². The minimum absolute atomic E-state index is 0.0443. The number of fused-ring (bicyclic) bond motifs is 1. The average Bonchev–Trinajstić information content (AvgIpc) is 2.83. The molecule has 2 aromatic rings. The summed E-state index contributed by atoms with van der Waals surface area (Å²) in [5.41, 5.74) is 9.57. The maximum Gasteiger partial charge on any atom is 0.252 e. The Morgan fingerprint density at radius 3 is 2.90 bits per heavy atom. The Morgan fingerprint density at radius 1 is 1.29 bits per heavy atom. The number of benzene rings is 2. The second-order valence-corrected chi connectivity index (χ2v) is 6.75. The highest BCUT2D eigenvalue weighted by molar-refractivity contribution is 14.1. The number of carbonyl (C=O) groups excluding carboxylic acids is 1. The van der Waals surface area contributed by atoms with Crippen LogP contribution in [0.2, 0.25) is 5.02 Å². The lowest BCUT2D eigenvalue weighted by Crippen LogP contribution is -2.27. The molecule has 0 bridgehead atoms. The molecule has 5 heteroatoms. The minimum atomic E-state index is -0.0865. The molecule has 1 aliphatic carbocycles. The van der Waals surface area contributed by atoms with E-state index in [1.807, 2.05) is 24.3 Å². The van der Waals surface area contributed by atoms with Crippen LogP contribution in [-0.2, 0) is 6.42 Å². The highest BCUT2D eigenvalue weighted by Crippen LogP contribution is 2.32. The van der Waals surface area contributed by atoms with Gasteiger partial charge in [0.1, 0.15) is 0 Å². The van der Waals surface area contributed by atoms with Gasteiger partial charge in [0, 0.05) is 14.3 Å². The third kappa shape index (κ3) is 3.01. The third-order valence-corrected chi connectivity index (χ3v) is 4.90. The molecule has 0 saturated heterocycles. The Labute approximate surface area is 142 Å². The molecule has 0 radical (unpaired) electrons. The number of anilines is 1. The number of carbonyl (C=O) groups is 1. The van der Waals surface area contributed by atoms with Crippen molar-refractivity contribution in [1.29, 1.82) is 0 Å². The van der Waals surface area contributed by atoms with Crippen LogP contribution < -0.4 is 11.1 Å². The van der Waals surface area contributed by atoms with Crippen molar-refractivity contribution < 1.29 is 4.79 Å². The summed E-state index contributed by atoms with van der Waals surface area (Å²) in [5.74, 6) is -0.0865. The molecule has 0 heterocycles. The molecule has 21 heavy (non-hydrogen) atoms. The van der Waals surface area contributed by atoms with Gasteiger partial charge in [0.15, 0.2) is 0 Å². The van der Waals surface area contributed by atoms with E-state index in [0.717, 1.165) is 27.7 Å². The summed E-state index contributed by atoms with van der Waals surface area (Å²) >= 11 is 8.13. The van der Waals surface area contributed by atoms with E-state index in [9.17, 15) is 4.79 Å². The van der Waals surface area contributed by atoms with Gasteiger partial charge in [0.25, 0.3) is 5.91 Å². The fourth-order valence-corrected chi connectivity index (χ4v) is 3.45. The van der Waals surface area contributed by atoms with Crippen LogP contribution in [0.25, 0.3) is 0 Å². The van der Waals surface area contributed by atoms with Crippen LogP contribution in [0.5, 0.6) is 0 Å². The smallest absolute Gasteiger partial charge is 0.252 e. The molecule has 1 aliphatic rings. The van der Waals surface area contributed by atoms with Crippen LogP contribution >= 0.6 is 34.2 Å². The van der Waals surface area contributed by atoms with Crippen LogP contribution in [0, 0.1) is 3.57 Å². The molecule has 1 unspecified atom stereocenters. The Balaban J connectivity index is 1.82. The maximum atomic E-state index is 12.5. The number of rotatable bonds is 2. The van der Waals surface area contributed by atoms with Crippen LogP contribution in [0.1, 0.15) is 33.9 Å². The third-order valence-electron chi connectivity index (χ3n) is 3.72. The van der Waals surface area contributed by atoms with Gasteiger partial charge >= 0.3 is 0 Å². The summed E-state index contributed by atoms with van der Waals surface area (Å²) in [6.07, 6.45) is 1.85. The highest BCUT2D eigenvalue weighted by Gasteiger charge is 2.25. The minimum Gasteiger partial charge on any atom is -0.399 e. The van der Waals surface area contributed by atoms with Crippen molar-refractivity contribution in [2.45, 2.75) is 18.9 Å². The Morgan fingerprint density at radius 2 is 2.10 bits per heavy atom. The topological polar surface area (TPSA) is 55.1 Å². The van der Waals surface area contributed by atoms with Gasteiger partial charge < -0.3 is 11.1 Å². The van der Waals surface area contributed by atoms with E-state index in [0.29, 0.717) is 10.6 Å². The van der Waals surface area contributed by atoms with Crippen molar-refractivity contribution in [1.82, 2.24) is 5.32 Å². The zero-order valence-electron chi connectivity index (χ0n) is 11.2. The van der Waals surface area contributed by atoms with Gasteiger partial charge in [-0.25, -0.2) is 0 Å². The molecule has 0 spiro atoms. The van der Waals surface area contributed by atoms with Gasteiger partial charge in [0.05, 0.1) is 11.6 Å². The second kappa shape index (κ2) is 5.85. The predicted octanol–water partition coefficient (Wildman–Crippen LogP) is 3.94. The molecule has 108 valence electrons. The molecular weight excluding hydrogens is 399 g/mol. The first-order chi connectivity index (χ1) is 10.0. The average molecular weight is 413 g/mol. The largest absolute Gasteiger partial charge is 0.399 e. The zero-order chi connectivity index (χ0) is 15.0. The summed E-state index contributed by atoms with van der Waals surface area (Å²) in [6, 6.07) is 11.3. The van der Waals surface area contributed by atoms with Gasteiger partial charge in [-0.05, 0) is 76.9 Å². The lowest BCUT2D eigenvalue weighted by atomic mass is 10.1. The van der Waals surface area contributed by atoms with Crippen LogP contribution in [-0.4, -0.2) is 5.91 Å². The summed E-state index contributed by atoms with van der Waals surface area (Å²) in [5, 5.41) is 3.67. The summed E-state index contributed by atoms with van der Waals surface area (Å²) in [6.45, 7) is 0. The molecule has 3 N–H and O–H groups in total. The number of hydrogen-bond acceptors (Lipinski definition) is 2. The molecule has 0 aliphatic heterocycles. The van der Waals surface area contributed by atoms with Crippen LogP contribution in [0.3, 0.4) is 0 Å². The molecule has 1 atom stereocenters. The molecule has 2 aromatic carbocycles. The number of nitrogen functional groups attached to an aromatic ring is 1. The molecule has 0 fully saturated rings. The summed E-state index contributed by atoms with van der Waals surface area (Å²) in [7, 11) is 0. The fraction of sp³-hybridized carbons (Fsp3) is 0.188. The fourth-order valence-electron chi connectivity index (χ4n) is 2.69. The lowest BCUT2D eigenvalue weighted by molar-refractivity contribution is 0.0936. The van der Waals surface area contributed by atoms with E-state index in [1.165, 1.54) is 5.56 Å². The number of nitrogens with two attached hydrogens (primary N) is 1. The van der Waals surface area contributed by atoms with E-state index < -0.39 is 0 Å². The van der Waals surface area contributed by atoms with Gasteiger partial charge in [0.2, 0.25) is 0 Å². The van der Waals surface area contributed by atoms with E-state index in [2.05, 4.69) is 27.9 Å². The molecule has 1 amide bonds. The number of hydrogen-bond donors (Lipinski definition) is 2. The predicted molar refractivity (Wildman–Crippen MR) is 93.6 cm³/mol. The van der Waals surface area contributed by atoms with Crippen LogP contribution in [0.4, 0.5) is 5.69 Å². The van der Waals surface area contributed by atoms with Crippen molar-refractivity contribution in [3.05, 3.63) is 61.7 Å². The summed E-state index contributed by atoms with van der Waals surface area (Å²) < 4.78 is 0.894. The van der Waals surface area contributed by atoms with Crippen molar-refractivity contribution in [2.75, 3.05) is 5.73 Å². The first-order valence-corrected chi connectivity index (χ1v) is 8.14. The second-order valence-electron chi connectivity index (χ2n) is 5.15. The van der Waals surface area contributed by atoms with E-state index in [1.54, 1.807) is 12.1 Å². The maximum absolute atomic E-state index is 12.5. The quantitative estimate of drug-likeness (QED) is 0.580. The first-order valence-electron chi connectivity index (χ1n) is 6.69. The Hall–Kier alpha value is -1.27. The first kappa shape index (κ1) is 14.7. The lowest BCUT2D eigenvalue weighted by Gasteiger charge is -2.15. The Kier molecular flexibility index (Phi) is 4.08. The molecule has 0 saturated carbocycles. The van der Waals surface area contributed by atoms with Gasteiger partial charge in [-0.1, -0.05) is 17.7 Å². The molecule has 3 nitrogen and oxygen atoms in total. The standard InChI is InChI=1S/C16H14ClIN2O/c17-10-2-5-14(18)13(8-10)16(21)20-15-6-1-9-7-11(19)3-4-12(9)15/h2-5,7-8,15H,1,6,19H2,(H,20,21). The molecule has 0 aromatic heterocycles. The SMILES string of the molecule is Nc1ccc2c(c1)CCC2NC(=O)c1cc(Cl)ccc1I. The zero-order valence-corrected chi connectivity index (χ0v) is 14.1. The number of aryl methyl sites for hydroxylation is 1. The van der Waals surface area contributed by atoms with Crippen molar-refractivity contribution in [2.24, 2.45) is 0 Å². The number of amides is 1. The molecular formula is C16H14ClIN2O. The van der Waals surface area contributed by atoms with Gasteiger partial charge in [-0.3, -0.25) is 4.79 Å². The monoisotopic (exact) mass is 412 g/mol. The van der Waals surface area contributed by atoms with E-state index in [4.69, 9.17) is 17.3 Å². The number of halogens is 2.